The summed E-state index contributed by atoms with van der Waals surface area (Å²) in [6.45, 7) is 4.65. The van der Waals surface area contributed by atoms with Gasteiger partial charge in [-0.15, -0.1) is 22.9 Å². The summed E-state index contributed by atoms with van der Waals surface area (Å²) in [7, 11) is 0. The Balaban J connectivity index is 2.35. The minimum absolute atomic E-state index is 0.0237. The Morgan fingerprint density at radius 2 is 2.29 bits per heavy atom. The number of hydrogen-bond donors (Lipinski definition) is 1. The molecule has 0 aliphatic rings. The Bertz CT molecular complexity index is 305. The molecule has 1 amide bonds. The summed E-state index contributed by atoms with van der Waals surface area (Å²) < 4.78 is 0. The molecule has 0 atom stereocenters. The van der Waals surface area contributed by atoms with Crippen molar-refractivity contribution in [3.05, 3.63) is 15.6 Å². The van der Waals surface area contributed by atoms with Gasteiger partial charge in [-0.1, -0.05) is 0 Å². The van der Waals surface area contributed by atoms with Crippen molar-refractivity contribution in [1.29, 1.82) is 0 Å². The molecule has 3 nitrogen and oxygen atoms in total. The Labute approximate surface area is 92.5 Å². The van der Waals surface area contributed by atoms with Crippen molar-refractivity contribution in [2.45, 2.75) is 20.3 Å². The van der Waals surface area contributed by atoms with Crippen LogP contribution in [-0.4, -0.2) is 23.3 Å². The van der Waals surface area contributed by atoms with Gasteiger partial charge < -0.3 is 5.32 Å². The van der Waals surface area contributed by atoms with E-state index < -0.39 is 0 Å². The summed E-state index contributed by atoms with van der Waals surface area (Å²) in [5, 5.41) is 3.77. The fraction of sp³-hybridized carbons (Fsp3) is 0.556. The van der Waals surface area contributed by atoms with Crippen molar-refractivity contribution >= 4 is 28.8 Å². The fourth-order valence-corrected chi connectivity index (χ4v) is 2.03. The first-order valence-corrected chi connectivity index (χ1v) is 5.74. The summed E-state index contributed by atoms with van der Waals surface area (Å²) in [5.74, 6) is -0.104. The number of hydrogen-bond acceptors (Lipinski definition) is 3. The van der Waals surface area contributed by atoms with E-state index in [1.165, 1.54) is 4.88 Å². The molecule has 1 rings (SSSR count). The molecule has 0 fully saturated rings. The first-order chi connectivity index (χ1) is 6.63. The van der Waals surface area contributed by atoms with Gasteiger partial charge in [0.05, 0.1) is 10.7 Å². The minimum Gasteiger partial charge on any atom is -0.355 e. The van der Waals surface area contributed by atoms with Crippen molar-refractivity contribution < 1.29 is 4.79 Å². The summed E-state index contributed by atoms with van der Waals surface area (Å²) in [4.78, 5) is 16.4. The van der Waals surface area contributed by atoms with Crippen molar-refractivity contribution in [3.63, 3.8) is 0 Å². The maximum absolute atomic E-state index is 10.8. The van der Waals surface area contributed by atoms with Crippen LogP contribution >= 0.6 is 22.9 Å². The molecule has 1 heterocycles. The molecule has 14 heavy (non-hydrogen) atoms. The number of thiazole rings is 1. The number of aromatic nitrogens is 1. The Kier molecular flexibility index (Phi) is 4.35. The molecule has 0 saturated carbocycles. The second-order valence-electron chi connectivity index (χ2n) is 2.98. The number of nitrogens with one attached hydrogen (secondary N) is 1. The predicted molar refractivity (Wildman–Crippen MR) is 59.0 cm³/mol. The topological polar surface area (TPSA) is 42.0 Å². The van der Waals surface area contributed by atoms with Crippen molar-refractivity contribution in [2.24, 2.45) is 0 Å². The molecule has 1 aromatic rings. The van der Waals surface area contributed by atoms with Gasteiger partial charge in [-0.3, -0.25) is 4.79 Å². The molecule has 0 bridgehead atoms. The second-order valence-corrected chi connectivity index (χ2v) is 4.54. The molecule has 0 aromatic carbocycles. The molecule has 0 saturated heterocycles. The Morgan fingerprint density at radius 1 is 1.57 bits per heavy atom. The third kappa shape index (κ3) is 3.27. The molecule has 0 aliphatic heterocycles. The summed E-state index contributed by atoms with van der Waals surface area (Å²) >= 11 is 7.02. The monoisotopic (exact) mass is 232 g/mol. The molecule has 0 aliphatic carbocycles. The van der Waals surface area contributed by atoms with Gasteiger partial charge >= 0.3 is 0 Å². The fourth-order valence-electron chi connectivity index (χ4n) is 1.00. The lowest BCUT2D eigenvalue weighted by molar-refractivity contribution is -0.118. The van der Waals surface area contributed by atoms with E-state index >= 15 is 0 Å². The maximum Gasteiger partial charge on any atom is 0.234 e. The zero-order chi connectivity index (χ0) is 10.6. The first kappa shape index (κ1) is 11.5. The highest BCUT2D eigenvalue weighted by atomic mass is 35.5. The largest absolute Gasteiger partial charge is 0.355 e. The van der Waals surface area contributed by atoms with Gasteiger partial charge in [0, 0.05) is 17.8 Å². The lowest BCUT2D eigenvalue weighted by Crippen LogP contribution is -2.26. The van der Waals surface area contributed by atoms with Gasteiger partial charge in [0.1, 0.15) is 5.88 Å². The molecule has 0 radical (unpaired) electrons. The number of rotatable bonds is 4. The van der Waals surface area contributed by atoms with Crippen LogP contribution in [0.25, 0.3) is 0 Å². The first-order valence-electron chi connectivity index (χ1n) is 4.39. The quantitative estimate of drug-likeness (QED) is 0.803. The third-order valence-electron chi connectivity index (χ3n) is 1.86. The number of carbonyl (C=O) groups excluding carboxylic acids is 1. The van der Waals surface area contributed by atoms with Crippen LogP contribution in [0.3, 0.4) is 0 Å². The molecule has 5 heteroatoms. The van der Waals surface area contributed by atoms with Gasteiger partial charge in [-0.2, -0.15) is 0 Å². The van der Waals surface area contributed by atoms with Crippen LogP contribution in [0.4, 0.5) is 0 Å². The van der Waals surface area contributed by atoms with Gasteiger partial charge in [-0.05, 0) is 13.8 Å². The zero-order valence-electron chi connectivity index (χ0n) is 8.26. The molecule has 78 valence electrons. The van der Waals surface area contributed by atoms with Gasteiger partial charge in [0.25, 0.3) is 0 Å². The predicted octanol–water partition coefficient (Wildman–Crippen LogP) is 1.66. The van der Waals surface area contributed by atoms with Gasteiger partial charge in [0.15, 0.2) is 0 Å². The second kappa shape index (κ2) is 5.32. The van der Waals surface area contributed by atoms with E-state index in [1.807, 2.05) is 13.8 Å². The lowest BCUT2D eigenvalue weighted by Gasteiger charge is -1.99. The Morgan fingerprint density at radius 3 is 2.79 bits per heavy atom. The van der Waals surface area contributed by atoms with E-state index in [2.05, 4.69) is 10.3 Å². The van der Waals surface area contributed by atoms with Crippen LogP contribution in [-0.2, 0) is 11.2 Å². The third-order valence-corrected chi connectivity index (χ3v) is 3.23. The van der Waals surface area contributed by atoms with Crippen molar-refractivity contribution in [2.75, 3.05) is 12.4 Å². The van der Waals surface area contributed by atoms with Crippen LogP contribution in [0.2, 0.25) is 0 Å². The van der Waals surface area contributed by atoms with Crippen molar-refractivity contribution in [1.82, 2.24) is 10.3 Å². The maximum atomic E-state index is 10.8. The number of nitrogens with zero attached hydrogens (tertiary/aromatic N) is 1. The SMILES string of the molecule is Cc1nc(CCNC(=O)CCl)sc1C. The van der Waals surface area contributed by atoms with E-state index in [0.717, 1.165) is 17.1 Å². The molecular weight excluding hydrogens is 220 g/mol. The van der Waals surface area contributed by atoms with Gasteiger partial charge in [-0.25, -0.2) is 4.98 Å². The van der Waals surface area contributed by atoms with Crippen LogP contribution < -0.4 is 5.32 Å². The van der Waals surface area contributed by atoms with E-state index in [0.29, 0.717) is 6.54 Å². The average molecular weight is 233 g/mol. The van der Waals surface area contributed by atoms with Crippen LogP contribution in [0, 0.1) is 13.8 Å². The van der Waals surface area contributed by atoms with Crippen LogP contribution in [0.5, 0.6) is 0 Å². The van der Waals surface area contributed by atoms with Gasteiger partial charge in [0.2, 0.25) is 5.91 Å². The Hall–Kier alpha value is -0.610. The molecular formula is C9H13ClN2OS. The number of halogens is 1. The van der Waals surface area contributed by atoms with E-state index in [4.69, 9.17) is 11.6 Å². The summed E-state index contributed by atoms with van der Waals surface area (Å²) in [6.07, 6.45) is 0.780. The molecule has 1 N–H and O–H groups in total. The van der Waals surface area contributed by atoms with Crippen LogP contribution in [0.1, 0.15) is 15.6 Å². The number of aryl methyl sites for hydroxylation is 2. The summed E-state index contributed by atoms with van der Waals surface area (Å²) in [5.41, 5.74) is 1.08. The van der Waals surface area contributed by atoms with Crippen molar-refractivity contribution in [3.8, 4) is 0 Å². The lowest BCUT2D eigenvalue weighted by atomic mass is 10.4. The standard InChI is InChI=1S/C9H13ClN2OS/c1-6-7(2)14-9(12-6)3-4-11-8(13)5-10/h3-5H2,1-2H3,(H,11,13). The molecule has 1 aromatic heterocycles. The molecule has 0 spiro atoms. The van der Waals surface area contributed by atoms with E-state index in [-0.39, 0.29) is 11.8 Å². The highest BCUT2D eigenvalue weighted by molar-refractivity contribution is 7.11. The number of carbonyl (C=O) groups is 1. The number of alkyl halides is 1. The summed E-state index contributed by atoms with van der Waals surface area (Å²) in [6, 6.07) is 0. The van der Waals surface area contributed by atoms with E-state index in [1.54, 1.807) is 11.3 Å². The number of amides is 1. The average Bonchev–Trinajstić information content (AvgIpc) is 2.46. The highest BCUT2D eigenvalue weighted by Crippen LogP contribution is 2.16. The molecule has 0 unspecified atom stereocenters. The normalized spacial score (nSPS) is 10.2. The van der Waals surface area contributed by atoms with Crippen LogP contribution in [0.15, 0.2) is 0 Å². The zero-order valence-corrected chi connectivity index (χ0v) is 9.84. The van der Waals surface area contributed by atoms with E-state index in [9.17, 15) is 4.79 Å². The smallest absolute Gasteiger partial charge is 0.234 e. The minimum atomic E-state index is -0.128. The highest BCUT2D eigenvalue weighted by Gasteiger charge is 2.03.